The Balaban J connectivity index is 3.12. The van der Waals surface area contributed by atoms with Crippen molar-refractivity contribution in [2.75, 3.05) is 7.05 Å². The molecule has 0 saturated carbocycles. The highest BCUT2D eigenvalue weighted by atomic mass is 35.5. The standard InChI is InChI=1S/C12H13ClFNO3/c1-6-4-5-8(10(14)9(6)13)11(16)15(3)7(2)12(17)18/h4-5,7H,1-3H3,(H,17,18). The van der Waals surface area contributed by atoms with Gasteiger partial charge in [0.2, 0.25) is 0 Å². The zero-order valence-corrected chi connectivity index (χ0v) is 11.0. The molecule has 6 heteroatoms. The minimum atomic E-state index is -1.16. The predicted octanol–water partition coefficient (Wildman–Crippen LogP) is 2.33. The lowest BCUT2D eigenvalue weighted by Gasteiger charge is -2.22. The van der Waals surface area contributed by atoms with Crippen LogP contribution >= 0.6 is 11.6 Å². The molecule has 0 aliphatic carbocycles. The summed E-state index contributed by atoms with van der Waals surface area (Å²) < 4.78 is 13.8. The van der Waals surface area contributed by atoms with Crippen molar-refractivity contribution < 1.29 is 19.1 Å². The van der Waals surface area contributed by atoms with Crippen LogP contribution in [0.3, 0.4) is 0 Å². The Hall–Kier alpha value is -1.62. The monoisotopic (exact) mass is 273 g/mol. The molecule has 0 radical (unpaired) electrons. The second-order valence-corrected chi connectivity index (χ2v) is 4.37. The molecule has 18 heavy (non-hydrogen) atoms. The Bertz CT molecular complexity index is 504. The number of aliphatic carboxylic acids is 1. The van der Waals surface area contributed by atoms with E-state index >= 15 is 0 Å². The normalized spacial score (nSPS) is 12.1. The lowest BCUT2D eigenvalue weighted by molar-refractivity contribution is -0.141. The van der Waals surface area contributed by atoms with Crippen molar-refractivity contribution in [3.05, 3.63) is 34.1 Å². The molecule has 1 N–H and O–H groups in total. The van der Waals surface area contributed by atoms with Crippen molar-refractivity contribution in [2.24, 2.45) is 0 Å². The van der Waals surface area contributed by atoms with Crippen LogP contribution in [0.1, 0.15) is 22.8 Å². The summed E-state index contributed by atoms with van der Waals surface area (Å²) in [6.07, 6.45) is 0. The Kier molecular flexibility index (Phi) is 4.29. The molecule has 98 valence electrons. The molecule has 0 aliphatic rings. The summed E-state index contributed by atoms with van der Waals surface area (Å²) in [5.41, 5.74) is 0.279. The van der Waals surface area contributed by atoms with Gasteiger partial charge in [0.15, 0.2) is 5.82 Å². The molecule has 1 aromatic rings. The van der Waals surface area contributed by atoms with Gasteiger partial charge in [-0.25, -0.2) is 9.18 Å². The molecule has 1 amide bonds. The lowest BCUT2D eigenvalue weighted by atomic mass is 10.1. The first kappa shape index (κ1) is 14.4. The van der Waals surface area contributed by atoms with Crippen LogP contribution in [0.2, 0.25) is 5.02 Å². The van der Waals surface area contributed by atoms with Crippen LogP contribution in [0.4, 0.5) is 4.39 Å². The maximum absolute atomic E-state index is 13.8. The van der Waals surface area contributed by atoms with Gasteiger partial charge in [0.05, 0.1) is 10.6 Å². The number of hydrogen-bond donors (Lipinski definition) is 1. The number of carbonyl (C=O) groups is 2. The van der Waals surface area contributed by atoms with E-state index in [9.17, 15) is 14.0 Å². The van der Waals surface area contributed by atoms with Crippen LogP contribution in [-0.2, 0) is 4.79 Å². The number of benzene rings is 1. The summed E-state index contributed by atoms with van der Waals surface area (Å²) in [7, 11) is 1.30. The van der Waals surface area contributed by atoms with Crippen LogP contribution in [0.25, 0.3) is 0 Å². The molecule has 0 aromatic heterocycles. The van der Waals surface area contributed by atoms with E-state index in [1.54, 1.807) is 6.92 Å². The van der Waals surface area contributed by atoms with E-state index in [1.165, 1.54) is 26.1 Å². The van der Waals surface area contributed by atoms with Crippen molar-refractivity contribution in [3.63, 3.8) is 0 Å². The van der Waals surface area contributed by atoms with Crippen molar-refractivity contribution in [3.8, 4) is 0 Å². The number of carboxylic acids is 1. The number of hydrogen-bond acceptors (Lipinski definition) is 2. The first-order valence-electron chi connectivity index (χ1n) is 5.22. The zero-order chi connectivity index (χ0) is 14.0. The van der Waals surface area contributed by atoms with Gasteiger partial charge in [0, 0.05) is 7.05 Å². The Labute approximate surface area is 109 Å². The van der Waals surface area contributed by atoms with Gasteiger partial charge in [-0.2, -0.15) is 0 Å². The highest BCUT2D eigenvalue weighted by Crippen LogP contribution is 2.23. The Morgan fingerprint density at radius 2 is 2.00 bits per heavy atom. The van der Waals surface area contributed by atoms with Gasteiger partial charge in [0.1, 0.15) is 6.04 Å². The minimum Gasteiger partial charge on any atom is -0.480 e. The van der Waals surface area contributed by atoms with Gasteiger partial charge in [-0.3, -0.25) is 4.79 Å². The molecule has 0 saturated heterocycles. The first-order valence-corrected chi connectivity index (χ1v) is 5.59. The quantitative estimate of drug-likeness (QED) is 0.919. The van der Waals surface area contributed by atoms with E-state index in [-0.39, 0.29) is 10.6 Å². The fraction of sp³-hybridized carbons (Fsp3) is 0.333. The van der Waals surface area contributed by atoms with E-state index in [0.717, 1.165) is 4.90 Å². The molecule has 1 unspecified atom stereocenters. The summed E-state index contributed by atoms with van der Waals surface area (Å²) in [4.78, 5) is 23.7. The third kappa shape index (κ3) is 2.61. The van der Waals surface area contributed by atoms with Gasteiger partial charge < -0.3 is 10.0 Å². The fourth-order valence-corrected chi connectivity index (χ4v) is 1.51. The van der Waals surface area contributed by atoms with Crippen LogP contribution < -0.4 is 0 Å². The number of aryl methyl sites for hydroxylation is 1. The number of rotatable bonds is 3. The number of carboxylic acid groups (broad SMARTS) is 1. The molecule has 1 aromatic carbocycles. The molecule has 0 aliphatic heterocycles. The van der Waals surface area contributed by atoms with E-state index in [1.807, 2.05) is 0 Å². The number of halogens is 2. The highest BCUT2D eigenvalue weighted by Gasteiger charge is 2.25. The highest BCUT2D eigenvalue weighted by molar-refractivity contribution is 6.31. The molecular weight excluding hydrogens is 261 g/mol. The van der Waals surface area contributed by atoms with Crippen LogP contribution in [0.15, 0.2) is 12.1 Å². The smallest absolute Gasteiger partial charge is 0.326 e. The van der Waals surface area contributed by atoms with Crippen molar-refractivity contribution in [2.45, 2.75) is 19.9 Å². The minimum absolute atomic E-state index is 0.128. The average Bonchev–Trinajstić information content (AvgIpc) is 2.33. The van der Waals surface area contributed by atoms with Crippen molar-refractivity contribution in [1.82, 2.24) is 4.90 Å². The number of nitrogens with zero attached hydrogens (tertiary/aromatic N) is 1. The van der Waals surface area contributed by atoms with Gasteiger partial charge >= 0.3 is 5.97 Å². The summed E-state index contributed by atoms with van der Waals surface area (Å²) in [5, 5.41) is 8.67. The number of carbonyl (C=O) groups excluding carboxylic acids is 1. The van der Waals surface area contributed by atoms with Gasteiger partial charge in [-0.15, -0.1) is 0 Å². The zero-order valence-electron chi connectivity index (χ0n) is 10.2. The summed E-state index contributed by atoms with van der Waals surface area (Å²) in [6, 6.07) is 1.76. The SMILES string of the molecule is Cc1ccc(C(=O)N(C)C(C)C(=O)O)c(F)c1Cl. The molecule has 0 bridgehead atoms. The van der Waals surface area contributed by atoms with E-state index in [2.05, 4.69) is 0 Å². The predicted molar refractivity (Wildman–Crippen MR) is 65.3 cm³/mol. The molecule has 0 spiro atoms. The molecule has 0 heterocycles. The maximum atomic E-state index is 13.8. The maximum Gasteiger partial charge on any atom is 0.326 e. The van der Waals surface area contributed by atoms with E-state index < -0.39 is 23.7 Å². The Morgan fingerprint density at radius 3 is 2.50 bits per heavy atom. The summed E-state index contributed by atoms with van der Waals surface area (Å²) in [5.74, 6) is -2.71. The molecule has 0 fully saturated rings. The Morgan fingerprint density at radius 1 is 1.44 bits per heavy atom. The van der Waals surface area contributed by atoms with Crippen molar-refractivity contribution >= 4 is 23.5 Å². The average molecular weight is 274 g/mol. The van der Waals surface area contributed by atoms with Crippen molar-refractivity contribution in [1.29, 1.82) is 0 Å². The summed E-state index contributed by atoms with van der Waals surface area (Å²) >= 11 is 5.71. The third-order valence-corrected chi connectivity index (χ3v) is 3.23. The fourth-order valence-electron chi connectivity index (χ4n) is 1.34. The number of likely N-dealkylation sites (N-methyl/N-ethyl adjacent to an activating group) is 1. The molecule has 4 nitrogen and oxygen atoms in total. The number of amides is 1. The summed E-state index contributed by atoms with van der Waals surface area (Å²) in [6.45, 7) is 2.96. The topological polar surface area (TPSA) is 57.6 Å². The van der Waals surface area contributed by atoms with Crippen LogP contribution in [0.5, 0.6) is 0 Å². The first-order chi connectivity index (χ1) is 8.27. The second-order valence-electron chi connectivity index (χ2n) is 3.99. The van der Waals surface area contributed by atoms with Gasteiger partial charge in [-0.05, 0) is 25.5 Å². The third-order valence-electron chi connectivity index (χ3n) is 2.76. The van der Waals surface area contributed by atoms with Crippen LogP contribution in [0, 0.1) is 12.7 Å². The lowest BCUT2D eigenvalue weighted by Crippen LogP contribution is -2.40. The van der Waals surface area contributed by atoms with Crippen LogP contribution in [-0.4, -0.2) is 35.0 Å². The van der Waals surface area contributed by atoms with E-state index in [4.69, 9.17) is 16.7 Å². The van der Waals surface area contributed by atoms with E-state index in [0.29, 0.717) is 5.56 Å². The largest absolute Gasteiger partial charge is 0.480 e. The van der Waals surface area contributed by atoms with Gasteiger partial charge in [-0.1, -0.05) is 17.7 Å². The molecular formula is C12H13ClFNO3. The second kappa shape index (κ2) is 5.35. The van der Waals surface area contributed by atoms with Gasteiger partial charge in [0.25, 0.3) is 5.91 Å². The molecule has 1 rings (SSSR count). The molecule has 1 atom stereocenters.